The van der Waals surface area contributed by atoms with Crippen molar-refractivity contribution in [3.8, 4) is 5.75 Å². The van der Waals surface area contributed by atoms with Crippen molar-refractivity contribution in [3.63, 3.8) is 0 Å². The second-order valence-electron chi connectivity index (χ2n) is 4.46. The van der Waals surface area contributed by atoms with Crippen molar-refractivity contribution in [2.75, 3.05) is 18.9 Å². The van der Waals surface area contributed by atoms with Crippen LogP contribution in [-0.4, -0.2) is 29.3 Å². The van der Waals surface area contributed by atoms with Gasteiger partial charge in [-0.15, -0.1) is 0 Å². The van der Waals surface area contributed by atoms with Gasteiger partial charge in [-0.3, -0.25) is 0 Å². The van der Waals surface area contributed by atoms with Crippen molar-refractivity contribution in [3.05, 3.63) is 22.9 Å². The average molecular weight is 324 g/mol. The quantitative estimate of drug-likeness (QED) is 0.860. The van der Waals surface area contributed by atoms with Gasteiger partial charge in [0.25, 0.3) is 0 Å². The van der Waals surface area contributed by atoms with Crippen LogP contribution in [0.25, 0.3) is 10.9 Å². The Morgan fingerprint density at radius 1 is 1.26 bits per heavy atom. The molecule has 1 aliphatic rings. The van der Waals surface area contributed by atoms with E-state index in [2.05, 4.69) is 25.9 Å². The minimum absolute atomic E-state index is 0.169. The molecule has 3 rings (SSSR count). The number of aromatic nitrogens is 2. The molecule has 0 unspecified atom stereocenters. The van der Waals surface area contributed by atoms with Gasteiger partial charge in [0.2, 0.25) is 0 Å². The summed E-state index contributed by atoms with van der Waals surface area (Å²) < 4.78 is 11.8. The van der Waals surface area contributed by atoms with Crippen molar-refractivity contribution in [1.82, 2.24) is 9.97 Å². The highest BCUT2D eigenvalue weighted by molar-refractivity contribution is 9.10. The molecule has 19 heavy (non-hydrogen) atoms. The molecule has 2 heterocycles. The van der Waals surface area contributed by atoms with Crippen molar-refractivity contribution in [2.24, 2.45) is 0 Å². The third kappa shape index (κ3) is 2.64. The fourth-order valence-corrected chi connectivity index (χ4v) is 2.60. The van der Waals surface area contributed by atoms with Gasteiger partial charge >= 0.3 is 0 Å². The van der Waals surface area contributed by atoms with Gasteiger partial charge in [0.1, 0.15) is 17.7 Å². The lowest BCUT2D eigenvalue weighted by molar-refractivity contribution is 0.0262. The molecule has 0 spiro atoms. The summed E-state index contributed by atoms with van der Waals surface area (Å²) in [6.07, 6.45) is 1.96. The molecule has 6 heteroatoms. The van der Waals surface area contributed by atoms with Crippen molar-refractivity contribution in [2.45, 2.75) is 18.9 Å². The Bertz CT molecular complexity index is 600. The molecule has 1 aromatic heterocycles. The van der Waals surface area contributed by atoms with E-state index < -0.39 is 0 Å². The molecule has 2 N–H and O–H groups in total. The topological polar surface area (TPSA) is 70.3 Å². The summed E-state index contributed by atoms with van der Waals surface area (Å²) in [7, 11) is 0. The summed E-state index contributed by atoms with van der Waals surface area (Å²) in [5.74, 6) is 1.17. The van der Waals surface area contributed by atoms with Crippen molar-refractivity contribution < 1.29 is 9.47 Å². The highest BCUT2D eigenvalue weighted by atomic mass is 79.9. The number of anilines is 1. The number of nitrogens with two attached hydrogens (primary N) is 1. The monoisotopic (exact) mass is 323 g/mol. The van der Waals surface area contributed by atoms with Crippen LogP contribution in [0.15, 0.2) is 22.9 Å². The van der Waals surface area contributed by atoms with Crippen molar-refractivity contribution in [1.29, 1.82) is 0 Å². The van der Waals surface area contributed by atoms with Gasteiger partial charge < -0.3 is 15.2 Å². The number of hydrogen-bond acceptors (Lipinski definition) is 5. The lowest BCUT2D eigenvalue weighted by Gasteiger charge is -2.24. The maximum absolute atomic E-state index is 6.03. The normalized spacial score (nSPS) is 16.7. The fraction of sp³-hybridized carbons (Fsp3) is 0.385. The predicted molar refractivity (Wildman–Crippen MR) is 76.1 cm³/mol. The maximum Gasteiger partial charge on any atom is 0.199 e. The third-order valence-corrected chi connectivity index (χ3v) is 3.50. The van der Waals surface area contributed by atoms with Gasteiger partial charge in [-0.1, -0.05) is 6.07 Å². The molecule has 0 radical (unpaired) electrons. The molecule has 0 aliphatic carbocycles. The number of nitrogens with zero attached hydrogens (tertiary/aromatic N) is 2. The van der Waals surface area contributed by atoms with E-state index >= 15 is 0 Å². The molecule has 1 saturated heterocycles. The zero-order valence-corrected chi connectivity index (χ0v) is 11.9. The summed E-state index contributed by atoms with van der Waals surface area (Å²) in [6.45, 7) is 1.49. The van der Waals surface area contributed by atoms with Crippen LogP contribution in [0.1, 0.15) is 12.8 Å². The Labute approximate surface area is 119 Å². The van der Waals surface area contributed by atoms with Gasteiger partial charge in [0.05, 0.1) is 24.1 Å². The van der Waals surface area contributed by atoms with E-state index in [-0.39, 0.29) is 6.10 Å². The highest BCUT2D eigenvalue weighted by Crippen LogP contribution is 2.31. The fourth-order valence-electron chi connectivity index (χ4n) is 2.22. The summed E-state index contributed by atoms with van der Waals surface area (Å²) in [6, 6.07) is 5.72. The highest BCUT2D eigenvalue weighted by Gasteiger charge is 2.17. The molecule has 0 amide bonds. The average Bonchev–Trinajstić information content (AvgIpc) is 2.39. The van der Waals surface area contributed by atoms with Crippen LogP contribution in [-0.2, 0) is 4.74 Å². The molecular weight excluding hydrogens is 310 g/mol. The molecule has 100 valence electrons. The van der Waals surface area contributed by atoms with Crippen LogP contribution >= 0.6 is 15.9 Å². The second-order valence-corrected chi connectivity index (χ2v) is 5.17. The summed E-state index contributed by atoms with van der Waals surface area (Å²) in [4.78, 5) is 8.45. The molecule has 0 atom stereocenters. The molecule has 0 saturated carbocycles. The Balaban J connectivity index is 1.98. The lowest BCUT2D eigenvalue weighted by Crippen LogP contribution is -2.26. The zero-order valence-electron chi connectivity index (χ0n) is 10.3. The number of fused-ring (bicyclic) bond motifs is 1. The summed E-state index contributed by atoms with van der Waals surface area (Å²) in [5, 5.41) is 0.775. The maximum atomic E-state index is 6.03. The molecular formula is C13H14BrN3O2. The molecule has 5 nitrogen and oxygen atoms in total. The molecule has 2 aromatic rings. The Morgan fingerprint density at radius 3 is 2.84 bits per heavy atom. The van der Waals surface area contributed by atoms with Crippen LogP contribution in [0.5, 0.6) is 5.75 Å². The molecule has 1 aliphatic heterocycles. The minimum Gasteiger partial charge on any atom is -0.489 e. The number of rotatable bonds is 2. The van der Waals surface area contributed by atoms with Crippen LogP contribution < -0.4 is 10.5 Å². The zero-order chi connectivity index (χ0) is 13.2. The number of benzene rings is 1. The van der Waals surface area contributed by atoms with E-state index in [9.17, 15) is 0 Å². The van der Waals surface area contributed by atoms with E-state index in [0.717, 1.165) is 42.7 Å². The first-order valence-corrected chi connectivity index (χ1v) is 6.99. The number of ether oxygens (including phenoxy) is 2. The first-order chi connectivity index (χ1) is 9.24. The van der Waals surface area contributed by atoms with E-state index in [0.29, 0.717) is 10.6 Å². The Hall–Kier alpha value is -1.40. The second kappa shape index (κ2) is 5.30. The van der Waals surface area contributed by atoms with Crippen LogP contribution in [0.2, 0.25) is 0 Å². The molecule has 1 aromatic carbocycles. The van der Waals surface area contributed by atoms with Crippen LogP contribution in [0.4, 0.5) is 5.82 Å². The smallest absolute Gasteiger partial charge is 0.199 e. The minimum atomic E-state index is 0.169. The Kier molecular flexibility index (Phi) is 3.52. The summed E-state index contributed by atoms with van der Waals surface area (Å²) >= 11 is 3.25. The van der Waals surface area contributed by atoms with Crippen LogP contribution in [0, 0.1) is 0 Å². The van der Waals surface area contributed by atoms with Gasteiger partial charge in [-0.25, -0.2) is 9.97 Å². The predicted octanol–water partition coefficient (Wildman–Crippen LogP) is 2.53. The van der Waals surface area contributed by atoms with E-state index in [4.69, 9.17) is 15.2 Å². The third-order valence-electron chi connectivity index (χ3n) is 3.15. The number of hydrogen-bond donors (Lipinski definition) is 1. The van der Waals surface area contributed by atoms with E-state index in [1.54, 1.807) is 0 Å². The first-order valence-electron chi connectivity index (χ1n) is 6.20. The molecule has 1 fully saturated rings. The largest absolute Gasteiger partial charge is 0.489 e. The van der Waals surface area contributed by atoms with Gasteiger partial charge in [-0.05, 0) is 28.1 Å². The summed E-state index contributed by atoms with van der Waals surface area (Å²) in [5.41, 5.74) is 6.76. The van der Waals surface area contributed by atoms with Crippen molar-refractivity contribution >= 4 is 32.7 Å². The number of halogens is 1. The van der Waals surface area contributed by atoms with E-state index in [1.165, 1.54) is 0 Å². The SMILES string of the molecule is Nc1nc(Br)nc2cccc(OC3CCOCC3)c12. The van der Waals surface area contributed by atoms with Crippen LogP contribution in [0.3, 0.4) is 0 Å². The van der Waals surface area contributed by atoms with E-state index in [1.807, 2.05) is 18.2 Å². The number of nitrogen functional groups attached to an aromatic ring is 1. The standard InChI is InChI=1S/C13H14BrN3O2/c14-13-16-9-2-1-3-10(11(9)12(15)17-13)19-8-4-6-18-7-5-8/h1-3,8H,4-7H2,(H2,15,16,17). The van der Waals surface area contributed by atoms with Gasteiger partial charge in [0, 0.05) is 12.8 Å². The molecule has 0 bridgehead atoms. The van der Waals surface area contributed by atoms with Gasteiger partial charge in [0.15, 0.2) is 4.73 Å². The Morgan fingerprint density at radius 2 is 2.05 bits per heavy atom. The lowest BCUT2D eigenvalue weighted by atomic mass is 10.1. The first kappa shape index (κ1) is 12.6. The van der Waals surface area contributed by atoms with Gasteiger partial charge in [-0.2, -0.15) is 0 Å².